The Morgan fingerprint density at radius 2 is 1.87 bits per heavy atom. The summed E-state index contributed by atoms with van der Waals surface area (Å²) in [5, 5.41) is 9.54. The molecular weight excluding hydrogens is 438 g/mol. The van der Waals surface area contributed by atoms with Crippen LogP contribution in [0.1, 0.15) is 42.8 Å². The van der Waals surface area contributed by atoms with Crippen LogP contribution in [0.5, 0.6) is 0 Å². The molecule has 0 unspecified atom stereocenters. The molecule has 30 heavy (non-hydrogen) atoms. The maximum absolute atomic E-state index is 9.54. The number of halogens is 1. The van der Waals surface area contributed by atoms with Crippen molar-refractivity contribution in [2.24, 2.45) is 0 Å². The third kappa shape index (κ3) is 3.54. The molecular formula is C24H24BrN5. The second kappa shape index (κ2) is 8.45. The van der Waals surface area contributed by atoms with Crippen LogP contribution in [0.25, 0.3) is 22.4 Å². The molecule has 0 atom stereocenters. The molecule has 3 aromatic heterocycles. The molecule has 0 saturated heterocycles. The van der Waals surface area contributed by atoms with E-state index in [-0.39, 0.29) is 0 Å². The monoisotopic (exact) mass is 461 g/mol. The molecule has 0 bridgehead atoms. The standard InChI is InChI=1S/C24H24BrN5/c1-4-6-21-28-22-16(3)11-12-27-24(22)30(21)15-17-7-9-18(10-8-17)23-19(14-26)13-20(25)29(23)5-2/h7-13H,4-6,15H2,1-3H3. The predicted octanol–water partition coefficient (Wildman–Crippen LogP) is 5.86. The summed E-state index contributed by atoms with van der Waals surface area (Å²) in [6, 6.07) is 14.7. The minimum atomic E-state index is 0.682. The number of nitrogens with zero attached hydrogens (tertiary/aromatic N) is 5. The number of aryl methyl sites for hydroxylation is 2. The van der Waals surface area contributed by atoms with Crippen LogP contribution < -0.4 is 0 Å². The molecule has 0 saturated carbocycles. The quantitative estimate of drug-likeness (QED) is 0.361. The van der Waals surface area contributed by atoms with Gasteiger partial charge in [0.1, 0.15) is 17.4 Å². The summed E-state index contributed by atoms with van der Waals surface area (Å²) < 4.78 is 5.27. The Morgan fingerprint density at radius 1 is 1.10 bits per heavy atom. The molecule has 0 spiro atoms. The highest BCUT2D eigenvalue weighted by Crippen LogP contribution is 2.30. The highest BCUT2D eigenvalue weighted by Gasteiger charge is 2.16. The first-order valence-electron chi connectivity index (χ1n) is 10.3. The van der Waals surface area contributed by atoms with Gasteiger partial charge in [-0.15, -0.1) is 0 Å². The van der Waals surface area contributed by atoms with E-state index in [1.54, 1.807) is 0 Å². The molecule has 1 aromatic carbocycles. The van der Waals surface area contributed by atoms with Crippen molar-refractivity contribution in [3.8, 4) is 17.3 Å². The highest BCUT2D eigenvalue weighted by atomic mass is 79.9. The number of imidazole rings is 1. The van der Waals surface area contributed by atoms with Gasteiger partial charge in [-0.2, -0.15) is 5.26 Å². The summed E-state index contributed by atoms with van der Waals surface area (Å²) in [6.07, 6.45) is 3.83. The smallest absolute Gasteiger partial charge is 0.160 e. The summed E-state index contributed by atoms with van der Waals surface area (Å²) in [4.78, 5) is 9.48. The second-order valence-electron chi connectivity index (χ2n) is 7.45. The van der Waals surface area contributed by atoms with Crippen molar-refractivity contribution >= 4 is 27.1 Å². The second-order valence-corrected chi connectivity index (χ2v) is 8.26. The van der Waals surface area contributed by atoms with Gasteiger partial charge in [0, 0.05) is 19.2 Å². The van der Waals surface area contributed by atoms with Gasteiger partial charge in [0.15, 0.2) is 5.65 Å². The lowest BCUT2D eigenvalue weighted by Crippen LogP contribution is -2.06. The van der Waals surface area contributed by atoms with E-state index in [2.05, 4.69) is 81.2 Å². The van der Waals surface area contributed by atoms with Crippen LogP contribution in [-0.4, -0.2) is 19.1 Å². The first kappa shape index (κ1) is 20.4. The van der Waals surface area contributed by atoms with Crippen molar-refractivity contribution in [3.05, 3.63) is 69.7 Å². The fraction of sp³-hybridized carbons (Fsp3) is 0.292. The maximum atomic E-state index is 9.54. The van der Waals surface area contributed by atoms with Crippen LogP contribution >= 0.6 is 15.9 Å². The van der Waals surface area contributed by atoms with Crippen LogP contribution in [0.2, 0.25) is 0 Å². The third-order valence-corrected chi connectivity index (χ3v) is 6.10. The Balaban J connectivity index is 1.72. The zero-order chi connectivity index (χ0) is 21.3. The molecule has 0 aliphatic carbocycles. The summed E-state index contributed by atoms with van der Waals surface area (Å²) >= 11 is 3.57. The van der Waals surface area contributed by atoms with Crippen molar-refractivity contribution in [1.82, 2.24) is 19.1 Å². The van der Waals surface area contributed by atoms with Crippen molar-refractivity contribution in [1.29, 1.82) is 5.26 Å². The molecule has 0 radical (unpaired) electrons. The molecule has 0 N–H and O–H groups in total. The maximum Gasteiger partial charge on any atom is 0.160 e. The molecule has 5 nitrogen and oxygen atoms in total. The number of fused-ring (bicyclic) bond motifs is 1. The lowest BCUT2D eigenvalue weighted by molar-refractivity contribution is 0.716. The van der Waals surface area contributed by atoms with Crippen LogP contribution in [0.3, 0.4) is 0 Å². The number of hydrogen-bond acceptors (Lipinski definition) is 3. The Kier molecular flexibility index (Phi) is 5.74. The number of benzene rings is 1. The molecule has 6 heteroatoms. The van der Waals surface area contributed by atoms with Gasteiger partial charge in [-0.3, -0.25) is 0 Å². The minimum Gasteiger partial charge on any atom is -0.334 e. The van der Waals surface area contributed by atoms with E-state index in [9.17, 15) is 5.26 Å². The van der Waals surface area contributed by atoms with E-state index in [4.69, 9.17) is 4.98 Å². The van der Waals surface area contributed by atoms with Gasteiger partial charge in [0.2, 0.25) is 0 Å². The molecule has 4 aromatic rings. The zero-order valence-electron chi connectivity index (χ0n) is 17.5. The molecule has 0 aliphatic heterocycles. The zero-order valence-corrected chi connectivity index (χ0v) is 19.1. The van der Waals surface area contributed by atoms with E-state index in [1.165, 1.54) is 5.56 Å². The predicted molar refractivity (Wildman–Crippen MR) is 123 cm³/mol. The number of aromatic nitrogens is 4. The van der Waals surface area contributed by atoms with E-state index >= 15 is 0 Å². The van der Waals surface area contributed by atoms with Gasteiger partial charge in [-0.25, -0.2) is 9.97 Å². The minimum absolute atomic E-state index is 0.682. The number of hydrogen-bond donors (Lipinski definition) is 0. The van der Waals surface area contributed by atoms with Gasteiger partial charge < -0.3 is 9.13 Å². The van der Waals surface area contributed by atoms with E-state index in [0.717, 1.165) is 64.3 Å². The normalized spacial score (nSPS) is 11.2. The molecule has 0 amide bonds. The van der Waals surface area contributed by atoms with E-state index < -0.39 is 0 Å². The lowest BCUT2D eigenvalue weighted by atomic mass is 10.1. The van der Waals surface area contributed by atoms with Crippen LogP contribution in [0.4, 0.5) is 0 Å². The highest BCUT2D eigenvalue weighted by molar-refractivity contribution is 9.10. The summed E-state index contributed by atoms with van der Waals surface area (Å²) in [7, 11) is 0. The van der Waals surface area contributed by atoms with Gasteiger partial charge >= 0.3 is 0 Å². The first-order chi connectivity index (χ1) is 14.6. The molecule has 0 fully saturated rings. The average Bonchev–Trinajstić information content (AvgIpc) is 3.27. The Morgan fingerprint density at radius 3 is 2.53 bits per heavy atom. The average molecular weight is 462 g/mol. The molecule has 4 rings (SSSR count). The van der Waals surface area contributed by atoms with Crippen LogP contribution in [-0.2, 0) is 19.5 Å². The lowest BCUT2D eigenvalue weighted by Gasteiger charge is -2.11. The van der Waals surface area contributed by atoms with Crippen molar-refractivity contribution in [3.63, 3.8) is 0 Å². The molecule has 0 aliphatic rings. The Hall–Kier alpha value is -2.91. The summed E-state index contributed by atoms with van der Waals surface area (Å²) in [5.41, 5.74) is 6.95. The largest absolute Gasteiger partial charge is 0.334 e. The van der Waals surface area contributed by atoms with E-state index in [0.29, 0.717) is 5.56 Å². The van der Waals surface area contributed by atoms with Crippen LogP contribution in [0.15, 0.2) is 47.2 Å². The third-order valence-electron chi connectivity index (χ3n) is 5.44. The van der Waals surface area contributed by atoms with E-state index in [1.807, 2.05) is 18.3 Å². The van der Waals surface area contributed by atoms with Gasteiger partial charge in [0.25, 0.3) is 0 Å². The number of pyridine rings is 1. The van der Waals surface area contributed by atoms with Crippen molar-refractivity contribution in [2.45, 2.75) is 46.7 Å². The van der Waals surface area contributed by atoms with Crippen molar-refractivity contribution in [2.75, 3.05) is 0 Å². The Labute approximate surface area is 185 Å². The fourth-order valence-electron chi connectivity index (χ4n) is 3.94. The molecule has 3 heterocycles. The summed E-state index contributed by atoms with van der Waals surface area (Å²) in [6.45, 7) is 7.86. The SMILES string of the molecule is CCCc1nc2c(C)ccnc2n1Cc1ccc(-c2c(C#N)cc(Br)n2CC)cc1. The number of nitriles is 1. The first-order valence-corrected chi connectivity index (χ1v) is 11.1. The fourth-order valence-corrected chi connectivity index (χ4v) is 4.59. The van der Waals surface area contributed by atoms with Crippen LogP contribution in [0, 0.1) is 18.3 Å². The van der Waals surface area contributed by atoms with Gasteiger partial charge in [-0.05, 0) is 65.0 Å². The molecule has 152 valence electrons. The Bertz CT molecular complexity index is 1240. The summed E-state index contributed by atoms with van der Waals surface area (Å²) in [5.74, 6) is 1.08. The van der Waals surface area contributed by atoms with Crippen molar-refractivity contribution < 1.29 is 0 Å². The van der Waals surface area contributed by atoms with Gasteiger partial charge in [-0.1, -0.05) is 31.2 Å². The van der Waals surface area contributed by atoms with Gasteiger partial charge in [0.05, 0.1) is 22.4 Å². The topological polar surface area (TPSA) is 59.4 Å². The number of rotatable bonds is 6.